The minimum atomic E-state index is 0.348. The number of thiocarbonyl (C=S) groups is 1. The van der Waals surface area contributed by atoms with Gasteiger partial charge in [-0.2, -0.15) is 0 Å². The summed E-state index contributed by atoms with van der Waals surface area (Å²) in [5.74, 6) is 0. The summed E-state index contributed by atoms with van der Waals surface area (Å²) in [6.07, 6.45) is 9.92. The summed E-state index contributed by atoms with van der Waals surface area (Å²) in [6, 6.07) is 1.19. The second-order valence-corrected chi connectivity index (χ2v) is 8.14. The Balaban J connectivity index is 1.51. The predicted octanol–water partition coefficient (Wildman–Crippen LogP) is 2.77. The van der Waals surface area contributed by atoms with Gasteiger partial charge in [0.05, 0.1) is 12.2 Å². The molecule has 4 nitrogen and oxygen atoms in total. The highest BCUT2D eigenvalue weighted by molar-refractivity contribution is 7.80. The maximum Gasteiger partial charge on any atom is 0.169 e. The van der Waals surface area contributed by atoms with Gasteiger partial charge in [-0.05, 0) is 51.7 Å². The molecule has 2 heterocycles. The molecule has 23 heavy (non-hydrogen) atoms. The number of morpholine rings is 1. The lowest BCUT2D eigenvalue weighted by atomic mass is 9.96. The van der Waals surface area contributed by atoms with E-state index in [1.54, 1.807) is 0 Å². The molecule has 2 aliphatic heterocycles. The summed E-state index contributed by atoms with van der Waals surface area (Å²) in [5, 5.41) is 4.67. The van der Waals surface area contributed by atoms with Crippen molar-refractivity contribution in [2.24, 2.45) is 0 Å². The highest BCUT2D eigenvalue weighted by Crippen LogP contribution is 2.22. The van der Waals surface area contributed by atoms with E-state index in [0.29, 0.717) is 24.3 Å². The fourth-order valence-electron chi connectivity index (χ4n) is 4.53. The number of nitrogens with zero attached hydrogens (tertiary/aromatic N) is 2. The van der Waals surface area contributed by atoms with Gasteiger partial charge in [0, 0.05) is 38.3 Å². The van der Waals surface area contributed by atoms with Crippen molar-refractivity contribution in [1.29, 1.82) is 0 Å². The van der Waals surface area contributed by atoms with Gasteiger partial charge in [0.2, 0.25) is 0 Å². The van der Waals surface area contributed by atoms with Crippen LogP contribution in [0.25, 0.3) is 0 Å². The smallest absolute Gasteiger partial charge is 0.169 e. The Bertz CT molecular complexity index is 390. The van der Waals surface area contributed by atoms with E-state index in [4.69, 9.17) is 17.0 Å². The second kappa shape index (κ2) is 8.13. The van der Waals surface area contributed by atoms with Crippen molar-refractivity contribution < 1.29 is 4.74 Å². The molecule has 5 heteroatoms. The van der Waals surface area contributed by atoms with Crippen molar-refractivity contribution in [2.45, 2.75) is 83.1 Å². The minimum absolute atomic E-state index is 0.348. The summed E-state index contributed by atoms with van der Waals surface area (Å²) in [5.41, 5.74) is 0. The van der Waals surface area contributed by atoms with Gasteiger partial charge in [0.15, 0.2) is 5.11 Å². The fourth-order valence-corrected chi connectivity index (χ4v) is 4.94. The van der Waals surface area contributed by atoms with Crippen LogP contribution in [0.5, 0.6) is 0 Å². The summed E-state index contributed by atoms with van der Waals surface area (Å²) in [6.45, 7) is 8.73. The highest BCUT2D eigenvalue weighted by Gasteiger charge is 2.31. The number of likely N-dealkylation sites (tertiary alicyclic amines) is 1. The van der Waals surface area contributed by atoms with Crippen molar-refractivity contribution >= 4 is 17.3 Å². The lowest BCUT2D eigenvalue weighted by Gasteiger charge is -2.39. The molecule has 1 N–H and O–H groups in total. The zero-order valence-corrected chi connectivity index (χ0v) is 15.6. The Morgan fingerprint density at radius 3 is 2.43 bits per heavy atom. The third kappa shape index (κ3) is 4.80. The van der Waals surface area contributed by atoms with Gasteiger partial charge >= 0.3 is 0 Å². The van der Waals surface area contributed by atoms with Crippen LogP contribution >= 0.6 is 12.2 Å². The Hall–Kier alpha value is -0.390. The Morgan fingerprint density at radius 1 is 1.04 bits per heavy atom. The van der Waals surface area contributed by atoms with E-state index in [9.17, 15) is 0 Å². The number of hydrogen-bond acceptors (Lipinski definition) is 3. The molecule has 3 rings (SSSR count). The van der Waals surface area contributed by atoms with Gasteiger partial charge in [-0.1, -0.05) is 19.3 Å². The normalized spacial score (nSPS) is 33.8. The molecular weight excluding hydrogens is 306 g/mol. The van der Waals surface area contributed by atoms with Crippen molar-refractivity contribution in [1.82, 2.24) is 15.1 Å². The van der Waals surface area contributed by atoms with E-state index in [0.717, 1.165) is 31.3 Å². The molecule has 3 fully saturated rings. The van der Waals surface area contributed by atoms with Crippen molar-refractivity contribution in [3.05, 3.63) is 0 Å². The van der Waals surface area contributed by atoms with Crippen LogP contribution in [0.15, 0.2) is 0 Å². The molecule has 1 saturated carbocycles. The minimum Gasteiger partial charge on any atom is -0.373 e. The standard InChI is InChI=1S/C18H33N3OS/c1-14-11-20(12-15(2)22-14)13-17-9-6-10-21(17)18(23)19-16-7-4-3-5-8-16/h14-17H,3-13H2,1-2H3,(H,19,23). The molecule has 0 spiro atoms. The Morgan fingerprint density at radius 2 is 1.74 bits per heavy atom. The van der Waals surface area contributed by atoms with Crippen LogP contribution in [0.1, 0.15) is 58.8 Å². The SMILES string of the molecule is CC1CN(CC2CCCN2C(=S)NC2CCCCC2)CC(C)O1. The second-order valence-electron chi connectivity index (χ2n) is 7.75. The first-order valence-electron chi connectivity index (χ1n) is 9.57. The van der Waals surface area contributed by atoms with Crippen molar-refractivity contribution in [2.75, 3.05) is 26.2 Å². The van der Waals surface area contributed by atoms with E-state index in [1.165, 1.54) is 44.9 Å². The topological polar surface area (TPSA) is 27.7 Å². The Kier molecular flexibility index (Phi) is 6.16. The molecule has 3 unspecified atom stereocenters. The third-order valence-corrected chi connectivity index (χ3v) is 5.89. The maximum atomic E-state index is 5.86. The first-order chi connectivity index (χ1) is 11.1. The number of hydrogen-bond donors (Lipinski definition) is 1. The van der Waals surface area contributed by atoms with Crippen molar-refractivity contribution in [3.63, 3.8) is 0 Å². The van der Waals surface area contributed by atoms with E-state index < -0.39 is 0 Å². The monoisotopic (exact) mass is 339 g/mol. The third-order valence-electron chi connectivity index (χ3n) is 5.53. The average molecular weight is 340 g/mol. The molecule has 0 aromatic carbocycles. The quantitative estimate of drug-likeness (QED) is 0.798. The van der Waals surface area contributed by atoms with Crippen LogP contribution in [-0.2, 0) is 4.74 Å². The molecule has 0 amide bonds. The first-order valence-corrected chi connectivity index (χ1v) is 9.97. The number of nitrogens with one attached hydrogen (secondary N) is 1. The van der Waals surface area contributed by atoms with E-state index in [2.05, 4.69) is 29.0 Å². The van der Waals surface area contributed by atoms with Crippen LogP contribution in [0.2, 0.25) is 0 Å². The van der Waals surface area contributed by atoms with Crippen LogP contribution in [0.3, 0.4) is 0 Å². The molecule has 0 radical (unpaired) electrons. The predicted molar refractivity (Wildman–Crippen MR) is 98.8 cm³/mol. The largest absolute Gasteiger partial charge is 0.373 e. The van der Waals surface area contributed by atoms with E-state index in [-0.39, 0.29) is 0 Å². The summed E-state index contributed by atoms with van der Waals surface area (Å²) < 4.78 is 5.86. The summed E-state index contributed by atoms with van der Waals surface area (Å²) in [4.78, 5) is 5.04. The Labute approximate surface area is 146 Å². The van der Waals surface area contributed by atoms with Crippen LogP contribution in [0.4, 0.5) is 0 Å². The molecule has 0 aromatic rings. The fraction of sp³-hybridized carbons (Fsp3) is 0.944. The molecule has 2 saturated heterocycles. The molecule has 132 valence electrons. The molecule has 3 atom stereocenters. The highest BCUT2D eigenvalue weighted by atomic mass is 32.1. The number of ether oxygens (including phenoxy) is 1. The van der Waals surface area contributed by atoms with Crippen LogP contribution in [-0.4, -0.2) is 65.4 Å². The van der Waals surface area contributed by atoms with Crippen molar-refractivity contribution in [3.8, 4) is 0 Å². The van der Waals surface area contributed by atoms with Gasteiger partial charge in [-0.15, -0.1) is 0 Å². The zero-order valence-electron chi connectivity index (χ0n) is 14.8. The first kappa shape index (κ1) is 17.4. The lowest BCUT2D eigenvalue weighted by molar-refractivity contribution is -0.0710. The van der Waals surface area contributed by atoms with E-state index in [1.807, 2.05) is 0 Å². The van der Waals surface area contributed by atoms with Crippen LogP contribution < -0.4 is 5.32 Å². The van der Waals surface area contributed by atoms with E-state index >= 15 is 0 Å². The molecule has 0 aromatic heterocycles. The molecule has 0 bridgehead atoms. The maximum absolute atomic E-state index is 5.86. The summed E-state index contributed by atoms with van der Waals surface area (Å²) >= 11 is 5.76. The van der Waals surface area contributed by atoms with Gasteiger partial charge in [-0.25, -0.2) is 0 Å². The molecule has 3 aliphatic rings. The molecule has 1 aliphatic carbocycles. The lowest BCUT2D eigenvalue weighted by Crippen LogP contribution is -2.53. The number of rotatable bonds is 3. The zero-order chi connectivity index (χ0) is 16.2. The van der Waals surface area contributed by atoms with Gasteiger partial charge in [-0.3, -0.25) is 4.90 Å². The van der Waals surface area contributed by atoms with Gasteiger partial charge in [0.25, 0.3) is 0 Å². The average Bonchev–Trinajstić information content (AvgIpc) is 2.95. The molecular formula is C18H33N3OS. The van der Waals surface area contributed by atoms with Gasteiger partial charge in [0.1, 0.15) is 0 Å². The van der Waals surface area contributed by atoms with Crippen LogP contribution in [0, 0.1) is 0 Å². The summed E-state index contributed by atoms with van der Waals surface area (Å²) in [7, 11) is 0. The van der Waals surface area contributed by atoms with Gasteiger partial charge < -0.3 is 15.0 Å².